The van der Waals surface area contributed by atoms with Gasteiger partial charge < -0.3 is 0 Å². The largest absolute Gasteiger partial charge is 0.350 e. The Kier molecular flexibility index (Phi) is 2.29. The molecule has 6 heteroatoms. The summed E-state index contributed by atoms with van der Waals surface area (Å²) in [5.74, 6) is 0. The number of fused-ring (bicyclic) bond motifs is 1. The number of hydrogen-bond donors (Lipinski definition) is 0. The molecule has 0 N–H and O–H groups in total. The van der Waals surface area contributed by atoms with Gasteiger partial charge in [0, 0.05) is 17.3 Å². The summed E-state index contributed by atoms with van der Waals surface area (Å²) in [5, 5.41) is 5.26. The van der Waals surface area contributed by atoms with E-state index in [0.29, 0.717) is 12.2 Å². The van der Waals surface area contributed by atoms with Crippen molar-refractivity contribution < 1.29 is 0 Å². The molecule has 3 rings (SSSR count). The summed E-state index contributed by atoms with van der Waals surface area (Å²) in [6.07, 6.45) is 3.51. The first kappa shape index (κ1) is 10.2. The van der Waals surface area contributed by atoms with Crippen LogP contribution in [0.5, 0.6) is 0 Å². The van der Waals surface area contributed by atoms with Crippen molar-refractivity contribution in [2.45, 2.75) is 13.5 Å². The quantitative estimate of drug-likeness (QED) is 0.685. The standard InChI is InChI=1S/C11H10N4OS/c1-8-12-6-9(17-8)7-15-11(16)14-5-3-2-4-10(14)13-15/h2-6H,7H2,1H3. The minimum absolute atomic E-state index is 0.119. The van der Waals surface area contributed by atoms with Gasteiger partial charge in [-0.15, -0.1) is 16.4 Å². The lowest BCUT2D eigenvalue weighted by atomic mass is 10.5. The SMILES string of the molecule is Cc1ncc(Cn2nc3ccccn3c2=O)s1. The molecule has 0 fully saturated rings. The van der Waals surface area contributed by atoms with E-state index >= 15 is 0 Å². The van der Waals surface area contributed by atoms with Gasteiger partial charge in [-0.3, -0.25) is 4.40 Å². The van der Waals surface area contributed by atoms with Crippen molar-refractivity contribution in [2.24, 2.45) is 0 Å². The van der Waals surface area contributed by atoms with Crippen LogP contribution < -0.4 is 5.69 Å². The Hall–Kier alpha value is -1.95. The highest BCUT2D eigenvalue weighted by Gasteiger charge is 2.07. The molecule has 3 heterocycles. The molecule has 0 bridgehead atoms. The Morgan fingerprint density at radius 2 is 2.29 bits per heavy atom. The van der Waals surface area contributed by atoms with Gasteiger partial charge in [-0.25, -0.2) is 14.5 Å². The lowest BCUT2D eigenvalue weighted by Crippen LogP contribution is -2.21. The molecule has 0 amide bonds. The number of hydrogen-bond acceptors (Lipinski definition) is 4. The number of nitrogens with zero attached hydrogens (tertiary/aromatic N) is 4. The first-order valence-corrected chi connectivity index (χ1v) is 6.01. The second kappa shape index (κ2) is 3.81. The van der Waals surface area contributed by atoms with Gasteiger partial charge in [0.15, 0.2) is 5.65 Å². The van der Waals surface area contributed by atoms with E-state index < -0.39 is 0 Å². The summed E-state index contributed by atoms with van der Waals surface area (Å²) in [6, 6.07) is 5.50. The van der Waals surface area contributed by atoms with Crippen LogP contribution in [0.4, 0.5) is 0 Å². The molecule has 0 spiro atoms. The van der Waals surface area contributed by atoms with Crippen molar-refractivity contribution in [1.29, 1.82) is 0 Å². The third-order valence-corrected chi connectivity index (χ3v) is 3.36. The van der Waals surface area contributed by atoms with Crippen molar-refractivity contribution in [3.8, 4) is 0 Å². The predicted molar refractivity (Wildman–Crippen MR) is 65.4 cm³/mol. The lowest BCUT2D eigenvalue weighted by Gasteiger charge is -1.93. The van der Waals surface area contributed by atoms with E-state index in [0.717, 1.165) is 9.88 Å². The molecule has 3 aromatic rings. The molecule has 86 valence electrons. The Balaban J connectivity index is 2.06. The van der Waals surface area contributed by atoms with Crippen LogP contribution in [0.25, 0.3) is 5.65 Å². The maximum absolute atomic E-state index is 12.0. The van der Waals surface area contributed by atoms with E-state index in [1.807, 2.05) is 25.1 Å². The molecule has 0 saturated carbocycles. The second-order valence-electron chi connectivity index (χ2n) is 3.71. The highest BCUT2D eigenvalue weighted by molar-refractivity contribution is 7.11. The van der Waals surface area contributed by atoms with Gasteiger partial charge in [0.2, 0.25) is 0 Å². The van der Waals surface area contributed by atoms with Gasteiger partial charge >= 0.3 is 5.69 Å². The molecule has 0 atom stereocenters. The first-order valence-electron chi connectivity index (χ1n) is 5.19. The van der Waals surface area contributed by atoms with Crippen molar-refractivity contribution in [3.63, 3.8) is 0 Å². The Morgan fingerprint density at radius 1 is 1.41 bits per heavy atom. The lowest BCUT2D eigenvalue weighted by molar-refractivity contribution is 0.665. The summed E-state index contributed by atoms with van der Waals surface area (Å²) in [4.78, 5) is 17.2. The van der Waals surface area contributed by atoms with Crippen LogP contribution in [-0.2, 0) is 6.54 Å². The zero-order chi connectivity index (χ0) is 11.8. The first-order chi connectivity index (χ1) is 8.24. The fourth-order valence-corrected chi connectivity index (χ4v) is 2.47. The van der Waals surface area contributed by atoms with Crippen molar-refractivity contribution in [2.75, 3.05) is 0 Å². The monoisotopic (exact) mass is 246 g/mol. The van der Waals surface area contributed by atoms with E-state index in [-0.39, 0.29) is 5.69 Å². The molecule has 3 aromatic heterocycles. The summed E-state index contributed by atoms with van der Waals surface area (Å²) < 4.78 is 3.00. The van der Waals surface area contributed by atoms with Crippen LogP contribution in [0.2, 0.25) is 0 Å². The average molecular weight is 246 g/mol. The molecule has 0 radical (unpaired) electrons. The van der Waals surface area contributed by atoms with E-state index in [1.165, 1.54) is 9.08 Å². The van der Waals surface area contributed by atoms with Crippen molar-refractivity contribution in [1.82, 2.24) is 19.2 Å². The van der Waals surface area contributed by atoms with Crippen LogP contribution in [0.1, 0.15) is 9.88 Å². The third-order valence-electron chi connectivity index (χ3n) is 2.46. The average Bonchev–Trinajstić information content (AvgIpc) is 2.86. The van der Waals surface area contributed by atoms with Gasteiger partial charge in [0.05, 0.1) is 11.6 Å². The van der Waals surface area contributed by atoms with Gasteiger partial charge in [-0.1, -0.05) is 6.07 Å². The minimum atomic E-state index is -0.119. The number of pyridine rings is 1. The van der Waals surface area contributed by atoms with Crippen LogP contribution in [-0.4, -0.2) is 19.2 Å². The maximum atomic E-state index is 12.0. The molecule has 0 aliphatic carbocycles. The van der Waals surface area contributed by atoms with Gasteiger partial charge in [-0.05, 0) is 19.1 Å². The fraction of sp³-hybridized carbons (Fsp3) is 0.182. The Bertz CT molecular complexity index is 724. The van der Waals surface area contributed by atoms with E-state index in [2.05, 4.69) is 10.1 Å². The second-order valence-corrected chi connectivity index (χ2v) is 5.03. The molecule has 0 unspecified atom stereocenters. The highest BCUT2D eigenvalue weighted by atomic mass is 32.1. The summed E-state index contributed by atoms with van der Waals surface area (Å²) in [5.41, 5.74) is 0.547. The fourth-order valence-electron chi connectivity index (χ4n) is 1.70. The highest BCUT2D eigenvalue weighted by Crippen LogP contribution is 2.12. The zero-order valence-electron chi connectivity index (χ0n) is 9.20. The summed E-state index contributed by atoms with van der Waals surface area (Å²) >= 11 is 1.58. The molecular weight excluding hydrogens is 236 g/mol. The molecule has 0 aliphatic heterocycles. The van der Waals surface area contributed by atoms with Gasteiger partial charge in [0.25, 0.3) is 0 Å². The van der Waals surface area contributed by atoms with Crippen molar-refractivity contribution >= 4 is 17.0 Å². The molecule has 0 aromatic carbocycles. The minimum Gasteiger partial charge on any atom is -0.250 e. The normalized spacial score (nSPS) is 11.1. The van der Waals surface area contributed by atoms with Gasteiger partial charge in [-0.2, -0.15) is 0 Å². The van der Waals surface area contributed by atoms with Crippen LogP contribution in [0, 0.1) is 6.92 Å². The Morgan fingerprint density at radius 3 is 3.00 bits per heavy atom. The number of rotatable bonds is 2. The van der Waals surface area contributed by atoms with Gasteiger partial charge in [0.1, 0.15) is 0 Å². The van der Waals surface area contributed by atoms with Crippen LogP contribution >= 0.6 is 11.3 Å². The van der Waals surface area contributed by atoms with E-state index in [4.69, 9.17) is 0 Å². The smallest absolute Gasteiger partial charge is 0.250 e. The third kappa shape index (κ3) is 1.76. The molecular formula is C11H10N4OS. The Labute approximate surface area is 101 Å². The molecule has 0 aliphatic rings. The maximum Gasteiger partial charge on any atom is 0.350 e. The molecule has 5 nitrogen and oxygen atoms in total. The molecule has 17 heavy (non-hydrogen) atoms. The zero-order valence-corrected chi connectivity index (χ0v) is 10.0. The number of aryl methyl sites for hydroxylation is 1. The predicted octanol–water partition coefficient (Wildman–Crippen LogP) is 1.31. The van der Waals surface area contributed by atoms with Crippen LogP contribution in [0.3, 0.4) is 0 Å². The van der Waals surface area contributed by atoms with Crippen LogP contribution in [0.15, 0.2) is 35.4 Å². The van der Waals surface area contributed by atoms with Crippen molar-refractivity contribution in [3.05, 3.63) is 51.0 Å². The summed E-state index contributed by atoms with van der Waals surface area (Å²) in [7, 11) is 0. The molecule has 0 saturated heterocycles. The van der Waals surface area contributed by atoms with E-state index in [1.54, 1.807) is 23.7 Å². The summed E-state index contributed by atoms with van der Waals surface area (Å²) in [6.45, 7) is 2.42. The van der Waals surface area contributed by atoms with E-state index in [9.17, 15) is 4.79 Å². The number of thiazole rings is 1. The number of aromatic nitrogens is 4. The topological polar surface area (TPSA) is 52.2 Å².